The van der Waals surface area contributed by atoms with E-state index in [2.05, 4.69) is 20.4 Å². The molecule has 1 aliphatic rings. The summed E-state index contributed by atoms with van der Waals surface area (Å²) in [5.41, 5.74) is -0.470. The van der Waals surface area contributed by atoms with Crippen LogP contribution >= 0.6 is 11.6 Å². The monoisotopic (exact) mass is 376 g/mol. The molecule has 0 spiro atoms. The predicted octanol–water partition coefficient (Wildman–Crippen LogP) is 4.02. The van der Waals surface area contributed by atoms with E-state index >= 15 is 0 Å². The molecule has 0 unspecified atom stereocenters. The summed E-state index contributed by atoms with van der Waals surface area (Å²) >= 11 is 6.16. The molecule has 1 amide bonds. The Balaban J connectivity index is 1.58. The minimum atomic E-state index is -0.470. The number of carbonyl (C=O) groups excluding carboxylic acids is 1. The Hall–Kier alpha value is -2.08. The first-order valence-electron chi connectivity index (χ1n) is 8.96. The third-order valence-electron chi connectivity index (χ3n) is 4.47. The second-order valence-electron chi connectivity index (χ2n) is 7.67. The number of rotatable bonds is 3. The molecule has 0 radical (unpaired) electrons. The van der Waals surface area contributed by atoms with Gasteiger partial charge < -0.3 is 15.0 Å². The summed E-state index contributed by atoms with van der Waals surface area (Å²) in [7, 11) is 0. The molecule has 3 rings (SSSR count). The number of piperidine rings is 1. The van der Waals surface area contributed by atoms with Crippen molar-refractivity contribution in [1.82, 2.24) is 15.5 Å². The van der Waals surface area contributed by atoms with Crippen LogP contribution in [0.15, 0.2) is 24.3 Å². The summed E-state index contributed by atoms with van der Waals surface area (Å²) in [6.45, 7) is 7.98. The van der Waals surface area contributed by atoms with Crippen molar-refractivity contribution in [3.05, 3.63) is 29.4 Å². The predicted molar refractivity (Wildman–Crippen MR) is 104 cm³/mol. The largest absolute Gasteiger partial charge is 0.444 e. The highest BCUT2D eigenvalue weighted by Gasteiger charge is 2.23. The van der Waals surface area contributed by atoms with Crippen molar-refractivity contribution in [1.29, 1.82) is 0 Å². The number of halogens is 1. The number of fused-ring (bicyclic) bond motifs is 1. The zero-order valence-electron chi connectivity index (χ0n) is 15.5. The van der Waals surface area contributed by atoms with E-state index in [0.717, 1.165) is 42.5 Å². The van der Waals surface area contributed by atoms with Gasteiger partial charge in [0, 0.05) is 30.4 Å². The highest BCUT2D eigenvalue weighted by molar-refractivity contribution is 6.34. The van der Waals surface area contributed by atoms with E-state index < -0.39 is 5.60 Å². The average Bonchev–Trinajstić information content (AvgIpc) is 2.60. The lowest BCUT2D eigenvalue weighted by Crippen LogP contribution is -2.40. The van der Waals surface area contributed by atoms with Crippen molar-refractivity contribution in [2.24, 2.45) is 5.92 Å². The maximum absolute atomic E-state index is 11.8. The zero-order chi connectivity index (χ0) is 18.7. The first-order chi connectivity index (χ1) is 12.3. The van der Waals surface area contributed by atoms with Gasteiger partial charge in [-0.05, 0) is 39.5 Å². The number of nitrogens with zero attached hydrogens (tertiary/aromatic N) is 3. The van der Waals surface area contributed by atoms with Crippen LogP contribution in [0.2, 0.25) is 5.15 Å². The van der Waals surface area contributed by atoms with Gasteiger partial charge in [-0.2, -0.15) is 0 Å². The van der Waals surface area contributed by atoms with Gasteiger partial charge in [0.2, 0.25) is 0 Å². The minimum Gasteiger partial charge on any atom is -0.444 e. The smallest absolute Gasteiger partial charge is 0.407 e. The Labute approximate surface area is 158 Å². The van der Waals surface area contributed by atoms with Gasteiger partial charge in [-0.15, -0.1) is 10.2 Å². The number of ether oxygens (including phenoxy) is 1. The molecule has 1 aromatic heterocycles. The molecule has 1 fully saturated rings. The van der Waals surface area contributed by atoms with E-state index in [0.29, 0.717) is 17.6 Å². The maximum Gasteiger partial charge on any atom is 0.407 e. The number of alkyl carbamates (subject to hydrolysis) is 1. The summed E-state index contributed by atoms with van der Waals surface area (Å²) in [6.07, 6.45) is 1.61. The van der Waals surface area contributed by atoms with Crippen LogP contribution < -0.4 is 10.2 Å². The lowest BCUT2D eigenvalue weighted by atomic mass is 9.96. The molecule has 0 bridgehead atoms. The van der Waals surface area contributed by atoms with Gasteiger partial charge in [0.15, 0.2) is 11.0 Å². The number of anilines is 1. The van der Waals surface area contributed by atoms with Gasteiger partial charge in [-0.25, -0.2) is 4.79 Å². The van der Waals surface area contributed by atoms with Gasteiger partial charge in [0.1, 0.15) is 5.60 Å². The van der Waals surface area contributed by atoms with Gasteiger partial charge in [0.05, 0.1) is 0 Å². The second-order valence-corrected chi connectivity index (χ2v) is 8.03. The molecule has 2 heterocycles. The highest BCUT2D eigenvalue weighted by Crippen LogP contribution is 2.30. The molecule has 1 saturated heterocycles. The van der Waals surface area contributed by atoms with E-state index in [1.165, 1.54) is 0 Å². The molecule has 1 aromatic carbocycles. The van der Waals surface area contributed by atoms with Gasteiger partial charge in [-0.3, -0.25) is 0 Å². The number of nitrogens with one attached hydrogen (secondary N) is 1. The zero-order valence-corrected chi connectivity index (χ0v) is 16.2. The topological polar surface area (TPSA) is 67.3 Å². The van der Waals surface area contributed by atoms with Crippen LogP contribution in [0.3, 0.4) is 0 Å². The van der Waals surface area contributed by atoms with Crippen molar-refractivity contribution in [2.45, 2.75) is 39.2 Å². The molecule has 6 nitrogen and oxygen atoms in total. The third kappa shape index (κ3) is 4.55. The first-order valence-corrected chi connectivity index (χ1v) is 9.34. The molecular weight excluding hydrogens is 352 g/mol. The average molecular weight is 377 g/mol. The first kappa shape index (κ1) is 18.7. The van der Waals surface area contributed by atoms with Gasteiger partial charge in [0.25, 0.3) is 0 Å². The van der Waals surface area contributed by atoms with Crippen molar-refractivity contribution < 1.29 is 9.53 Å². The number of carbonyl (C=O) groups is 1. The molecule has 1 aliphatic heterocycles. The molecule has 140 valence electrons. The van der Waals surface area contributed by atoms with Crippen molar-refractivity contribution in [3.63, 3.8) is 0 Å². The van der Waals surface area contributed by atoms with Crippen LogP contribution in [0, 0.1) is 5.92 Å². The van der Waals surface area contributed by atoms with Crippen molar-refractivity contribution in [3.8, 4) is 0 Å². The summed E-state index contributed by atoms with van der Waals surface area (Å²) in [5, 5.41) is 13.7. The van der Waals surface area contributed by atoms with Crippen molar-refractivity contribution >= 4 is 34.3 Å². The van der Waals surface area contributed by atoms with Crippen LogP contribution in [0.5, 0.6) is 0 Å². The number of benzene rings is 1. The Morgan fingerprint density at radius 2 is 1.88 bits per heavy atom. The van der Waals surface area contributed by atoms with Crippen LogP contribution in [-0.2, 0) is 4.74 Å². The number of amides is 1. The Bertz CT molecular complexity index is 783. The summed E-state index contributed by atoms with van der Waals surface area (Å²) in [6, 6.07) is 7.93. The van der Waals surface area contributed by atoms with Crippen molar-refractivity contribution in [2.75, 3.05) is 24.5 Å². The Kier molecular flexibility index (Phi) is 5.51. The number of hydrogen-bond donors (Lipinski definition) is 1. The molecule has 2 aromatic rings. The van der Waals surface area contributed by atoms with E-state index in [-0.39, 0.29) is 6.09 Å². The van der Waals surface area contributed by atoms with Crippen LogP contribution in [0.25, 0.3) is 10.8 Å². The molecule has 0 saturated carbocycles. The highest BCUT2D eigenvalue weighted by atomic mass is 35.5. The maximum atomic E-state index is 11.8. The summed E-state index contributed by atoms with van der Waals surface area (Å²) in [4.78, 5) is 14.0. The SMILES string of the molecule is CC(C)(C)OC(=O)NCC1CCN(c2nnc(Cl)c3ccccc23)CC1. The molecular formula is C19H25ClN4O2. The van der Waals surface area contributed by atoms with E-state index in [9.17, 15) is 4.79 Å². The summed E-state index contributed by atoms with van der Waals surface area (Å²) < 4.78 is 5.29. The number of hydrogen-bond acceptors (Lipinski definition) is 5. The van der Waals surface area contributed by atoms with Crippen LogP contribution in [-0.4, -0.2) is 41.5 Å². The van der Waals surface area contributed by atoms with E-state index in [1.807, 2.05) is 45.0 Å². The van der Waals surface area contributed by atoms with E-state index in [4.69, 9.17) is 16.3 Å². The molecule has 0 atom stereocenters. The van der Waals surface area contributed by atoms with Crippen LogP contribution in [0.1, 0.15) is 33.6 Å². The second kappa shape index (κ2) is 7.66. The molecule has 0 aliphatic carbocycles. The third-order valence-corrected chi connectivity index (χ3v) is 4.75. The quantitative estimate of drug-likeness (QED) is 0.876. The molecule has 1 N–H and O–H groups in total. The Morgan fingerprint density at radius 1 is 1.23 bits per heavy atom. The van der Waals surface area contributed by atoms with E-state index in [1.54, 1.807) is 0 Å². The Morgan fingerprint density at radius 3 is 2.54 bits per heavy atom. The summed E-state index contributed by atoms with van der Waals surface area (Å²) in [5.74, 6) is 1.31. The lowest BCUT2D eigenvalue weighted by Gasteiger charge is -2.33. The molecule has 26 heavy (non-hydrogen) atoms. The fourth-order valence-electron chi connectivity index (χ4n) is 3.18. The lowest BCUT2D eigenvalue weighted by molar-refractivity contribution is 0.0517. The number of aromatic nitrogens is 2. The van der Waals surface area contributed by atoms with Gasteiger partial charge in [-0.1, -0.05) is 35.9 Å². The fraction of sp³-hybridized carbons (Fsp3) is 0.526. The normalized spacial score (nSPS) is 15.9. The standard InChI is InChI=1S/C19H25ClN4O2/c1-19(2,3)26-18(25)21-12-13-8-10-24(11-9-13)17-15-7-5-4-6-14(15)16(20)22-23-17/h4-7,13H,8-12H2,1-3H3,(H,21,25). The van der Waals surface area contributed by atoms with Gasteiger partial charge >= 0.3 is 6.09 Å². The fourth-order valence-corrected chi connectivity index (χ4v) is 3.38. The molecule has 7 heteroatoms. The van der Waals surface area contributed by atoms with Crippen LogP contribution in [0.4, 0.5) is 10.6 Å². The minimum absolute atomic E-state index is 0.352.